The number of esters is 3. The molecule has 0 bridgehead atoms. The number of carbonyl (C=O) groups is 5. The van der Waals surface area contributed by atoms with E-state index in [0.29, 0.717) is 6.79 Å². The Morgan fingerprint density at radius 2 is 1.79 bits per heavy atom. The number of ether oxygens (including phenoxy) is 5. The Kier molecular flexibility index (Phi) is 20.8. The number of benzene rings is 1. The second-order valence-electron chi connectivity index (χ2n) is 14.6. The van der Waals surface area contributed by atoms with Gasteiger partial charge < -0.3 is 33.6 Å². The summed E-state index contributed by atoms with van der Waals surface area (Å²) in [5, 5.41) is 12.8. The Morgan fingerprint density at radius 1 is 1.06 bits per heavy atom. The predicted octanol–water partition coefficient (Wildman–Crippen LogP) is 7.34. The first-order chi connectivity index (χ1) is 29.6. The third-order valence-electron chi connectivity index (χ3n) is 9.79. The van der Waals surface area contributed by atoms with Gasteiger partial charge in [0.1, 0.15) is 47.2 Å². The van der Waals surface area contributed by atoms with Crippen molar-refractivity contribution >= 4 is 98.8 Å². The number of unbranched alkanes of at least 4 members (excludes halogenated alkanes) is 5. The summed E-state index contributed by atoms with van der Waals surface area (Å²) < 4.78 is 36.4. The number of rotatable bonds is 21. The fourth-order valence-electron chi connectivity index (χ4n) is 6.69. The molecule has 1 N–H and O–H groups in total. The first kappa shape index (κ1) is 51.3. The molecule has 20 heteroatoms. The first-order valence-corrected chi connectivity index (χ1v) is 24.6. The minimum atomic E-state index is -1.96. The normalized spacial score (nSPS) is 19.1. The lowest BCUT2D eigenvalue weighted by atomic mass is 9.95. The van der Waals surface area contributed by atoms with Crippen LogP contribution in [0.1, 0.15) is 83.1 Å². The van der Waals surface area contributed by atoms with Crippen molar-refractivity contribution in [3.05, 3.63) is 57.4 Å². The molecule has 1 saturated heterocycles. The molecule has 2 aromatic rings. The molecule has 1 fully saturated rings. The van der Waals surface area contributed by atoms with Gasteiger partial charge >= 0.3 is 17.9 Å². The van der Waals surface area contributed by atoms with E-state index in [-0.39, 0.29) is 36.0 Å². The van der Waals surface area contributed by atoms with Gasteiger partial charge in [-0.15, -0.1) is 23.1 Å². The molecule has 340 valence electrons. The van der Waals surface area contributed by atoms with Gasteiger partial charge in [-0.3, -0.25) is 24.1 Å². The second kappa shape index (κ2) is 25.2. The molecule has 0 spiro atoms. The molecule has 3 aliphatic rings. The summed E-state index contributed by atoms with van der Waals surface area (Å²) in [5.41, 5.74) is 1.01. The van der Waals surface area contributed by atoms with Crippen LogP contribution >= 0.6 is 57.9 Å². The van der Waals surface area contributed by atoms with Crippen LogP contribution in [-0.2, 0) is 62.2 Å². The zero-order valence-electron chi connectivity index (χ0n) is 35.0. The summed E-state index contributed by atoms with van der Waals surface area (Å²) in [6, 6.07) is 10.5. The molecule has 6 atom stereocenters. The van der Waals surface area contributed by atoms with E-state index < -0.39 is 80.5 Å². The molecule has 0 saturated carbocycles. The number of alkyl halides is 3. The predicted molar refractivity (Wildman–Crippen MR) is 239 cm³/mol. The summed E-state index contributed by atoms with van der Waals surface area (Å²) in [5.74, 6) is -2.31. The molecule has 14 nitrogen and oxygen atoms in total. The van der Waals surface area contributed by atoms with E-state index in [1.807, 2.05) is 29.6 Å². The van der Waals surface area contributed by atoms with Gasteiger partial charge in [0.15, 0.2) is 11.5 Å². The van der Waals surface area contributed by atoms with Crippen LogP contribution < -0.4 is 14.8 Å². The zero-order chi connectivity index (χ0) is 45.4. The van der Waals surface area contributed by atoms with Crippen LogP contribution in [0.3, 0.4) is 0 Å². The number of amides is 2. The Labute approximate surface area is 388 Å². The van der Waals surface area contributed by atoms with E-state index in [1.54, 1.807) is 19.1 Å². The van der Waals surface area contributed by atoms with Crippen molar-refractivity contribution in [3.8, 4) is 17.6 Å². The summed E-state index contributed by atoms with van der Waals surface area (Å²) >= 11 is 19.0. The SMILES string of the molecule is CCCCCCCC[S+]([O-])C(C)Cc1ccc2c(c1)OCO2.CCOC(=O)C(C#N)CC1S[C@@H]2C(NC(=O)Cc3cccs3)C(=O)N2C(C(=O)OCC(Cl)(Cl)Cl)=C1COC(C)=O. The number of hydrogen-bond donors (Lipinski definition) is 1. The van der Waals surface area contributed by atoms with Crippen molar-refractivity contribution in [2.45, 2.75) is 111 Å². The quantitative estimate of drug-likeness (QED) is 0.0327. The number of thiophene rings is 1. The molecular weight excluding hydrogens is 925 g/mol. The minimum absolute atomic E-state index is 0.0445. The molecule has 1 aromatic carbocycles. The average molecular weight is 977 g/mol. The fraction of sp³-hybridized carbons (Fsp3) is 0.571. The van der Waals surface area contributed by atoms with E-state index in [4.69, 9.17) is 58.5 Å². The van der Waals surface area contributed by atoms with Gasteiger partial charge in [0, 0.05) is 29.0 Å². The Morgan fingerprint density at radius 3 is 2.45 bits per heavy atom. The number of carbonyl (C=O) groups excluding carboxylic acids is 5. The van der Waals surface area contributed by atoms with Gasteiger partial charge in [-0.25, -0.2) is 4.79 Å². The highest BCUT2D eigenvalue weighted by Gasteiger charge is 2.57. The van der Waals surface area contributed by atoms with Gasteiger partial charge in [0.2, 0.25) is 16.5 Å². The highest BCUT2D eigenvalue weighted by Crippen LogP contribution is 2.47. The molecule has 0 aliphatic carbocycles. The average Bonchev–Trinajstić information content (AvgIpc) is 3.93. The molecule has 4 heterocycles. The van der Waals surface area contributed by atoms with Gasteiger partial charge in [0.25, 0.3) is 5.91 Å². The van der Waals surface area contributed by atoms with E-state index in [1.165, 1.54) is 49.0 Å². The van der Waals surface area contributed by atoms with Gasteiger partial charge in [-0.1, -0.05) is 90.7 Å². The lowest BCUT2D eigenvalue weighted by molar-refractivity contribution is -0.153. The van der Waals surface area contributed by atoms with Gasteiger partial charge in [-0.05, 0) is 62.3 Å². The number of nitrogens with zero attached hydrogens (tertiary/aromatic N) is 2. The van der Waals surface area contributed by atoms with E-state index in [0.717, 1.165) is 58.6 Å². The van der Waals surface area contributed by atoms with Crippen LogP contribution in [0.5, 0.6) is 11.5 Å². The maximum atomic E-state index is 13.3. The van der Waals surface area contributed by atoms with E-state index in [9.17, 15) is 33.8 Å². The molecule has 1 aromatic heterocycles. The van der Waals surface area contributed by atoms with Crippen molar-refractivity contribution in [3.63, 3.8) is 0 Å². The monoisotopic (exact) mass is 975 g/mol. The van der Waals surface area contributed by atoms with Crippen molar-refractivity contribution in [2.24, 2.45) is 5.92 Å². The second-order valence-corrected chi connectivity index (χ2v) is 21.4. The van der Waals surface area contributed by atoms with E-state index >= 15 is 0 Å². The van der Waals surface area contributed by atoms with Crippen LogP contribution in [0.2, 0.25) is 0 Å². The number of fused-ring (bicyclic) bond motifs is 2. The molecular formula is C42H52Cl3N3O11S3. The van der Waals surface area contributed by atoms with Crippen LogP contribution in [-0.4, -0.2) is 97.2 Å². The van der Waals surface area contributed by atoms with Crippen LogP contribution in [0, 0.1) is 17.2 Å². The van der Waals surface area contributed by atoms with Crippen LogP contribution in [0.4, 0.5) is 0 Å². The molecule has 62 heavy (non-hydrogen) atoms. The number of hydrogen-bond acceptors (Lipinski definition) is 14. The summed E-state index contributed by atoms with van der Waals surface area (Å²) in [7, 11) is 0. The molecule has 2 amide bonds. The standard InChI is InChI=1S/C24H24Cl3N3O8S2.C18H28O3S/c1-3-36-22(34)13(9-28)7-16-15(10-37-12(2)31)19(23(35)38-11-24(25,26)27)30-20(33)18(21(30)40-16)29-17(32)8-14-5-4-6-39-14;1-3-4-5-6-7-8-11-22(19)15(2)12-16-9-10-17-18(13-16)21-14-20-17/h4-6,13,16,18,21H,3,7-8,10-11H2,1-2H3,(H,29,32);9-10,13,15H,3-8,11-12,14H2,1-2H3/t13?,16?,18?,21-;/m1./s1. The number of thioether (sulfide) groups is 1. The Balaban J connectivity index is 0.000000323. The van der Waals surface area contributed by atoms with Crippen LogP contribution in [0.25, 0.3) is 0 Å². The molecule has 3 aliphatic heterocycles. The highest BCUT2D eigenvalue weighted by atomic mass is 35.6. The van der Waals surface area contributed by atoms with Crippen LogP contribution in [0.15, 0.2) is 47.0 Å². The Hall–Kier alpha value is -3.37. The van der Waals surface area contributed by atoms with Gasteiger partial charge in [0.05, 0.1) is 19.1 Å². The summed E-state index contributed by atoms with van der Waals surface area (Å²) in [6.07, 6.45) is 8.22. The number of halogens is 3. The summed E-state index contributed by atoms with van der Waals surface area (Å²) in [4.78, 5) is 65.2. The zero-order valence-corrected chi connectivity index (χ0v) is 39.7. The highest BCUT2D eigenvalue weighted by molar-refractivity contribution is 8.00. The minimum Gasteiger partial charge on any atom is -0.616 e. The third kappa shape index (κ3) is 15.4. The van der Waals surface area contributed by atoms with Gasteiger partial charge in [-0.2, -0.15) is 5.26 Å². The molecule has 5 unspecified atom stereocenters. The third-order valence-corrected chi connectivity index (χ3v) is 14.3. The Bertz CT molecular complexity index is 1930. The van der Waals surface area contributed by atoms with Crippen molar-refractivity contribution in [1.82, 2.24) is 10.2 Å². The lowest BCUT2D eigenvalue weighted by Crippen LogP contribution is -2.71. The maximum absolute atomic E-state index is 13.3. The topological polar surface area (TPSA) is 194 Å². The first-order valence-electron chi connectivity index (χ1n) is 20.3. The number of nitriles is 1. The lowest BCUT2D eigenvalue weighted by Gasteiger charge is -2.51. The van der Waals surface area contributed by atoms with Crippen molar-refractivity contribution in [2.75, 3.05) is 32.4 Å². The maximum Gasteiger partial charge on any atom is 0.355 e. The van der Waals surface area contributed by atoms with Crippen molar-refractivity contribution < 1.29 is 52.2 Å². The number of nitrogens with one attached hydrogen (secondary N) is 1. The molecule has 5 rings (SSSR count). The largest absolute Gasteiger partial charge is 0.616 e. The smallest absolute Gasteiger partial charge is 0.355 e. The molecule has 0 radical (unpaired) electrons. The summed E-state index contributed by atoms with van der Waals surface area (Å²) in [6.45, 7) is 6.30. The van der Waals surface area contributed by atoms with E-state index in [2.05, 4.69) is 19.2 Å². The fourth-order valence-corrected chi connectivity index (χ4v) is 10.5. The number of β-lactam (4-membered cyclic amide) rings is 1. The van der Waals surface area contributed by atoms with Crippen molar-refractivity contribution in [1.29, 1.82) is 5.26 Å².